The van der Waals surface area contributed by atoms with E-state index in [2.05, 4.69) is 5.32 Å². The fraction of sp³-hybridized carbons (Fsp3) is 0.208. The Morgan fingerprint density at radius 2 is 1.81 bits per heavy atom. The van der Waals surface area contributed by atoms with Gasteiger partial charge in [0.25, 0.3) is 5.91 Å². The highest BCUT2D eigenvalue weighted by Crippen LogP contribution is 2.27. The lowest BCUT2D eigenvalue weighted by atomic mass is 10.1. The second-order valence-electron chi connectivity index (χ2n) is 7.41. The van der Waals surface area contributed by atoms with E-state index in [-0.39, 0.29) is 18.4 Å². The van der Waals surface area contributed by atoms with Gasteiger partial charge in [0.15, 0.2) is 5.11 Å². The molecule has 0 unspecified atom stereocenters. The standard InChI is InChI=1S/C24H24N4O2S/c1-3-28-23(30)21(26(2)24(28)31)13-18-15-27(20-12-8-7-11-19(18)20)16-22(29)25-14-17-9-5-4-6-10-17/h4-13,15H,3,14,16H2,1-2H3,(H,25,29)/b21-13-. The zero-order chi connectivity index (χ0) is 22.0. The van der Waals surface area contributed by atoms with Crippen molar-refractivity contribution in [2.24, 2.45) is 0 Å². The van der Waals surface area contributed by atoms with E-state index in [9.17, 15) is 9.59 Å². The first kappa shape index (κ1) is 20.8. The number of para-hydroxylation sites is 1. The zero-order valence-electron chi connectivity index (χ0n) is 17.5. The molecule has 1 aromatic heterocycles. The van der Waals surface area contributed by atoms with Gasteiger partial charge in [0, 0.05) is 42.8 Å². The molecule has 0 saturated carbocycles. The molecular formula is C24H24N4O2S. The van der Waals surface area contributed by atoms with Crippen LogP contribution in [0.25, 0.3) is 17.0 Å². The van der Waals surface area contributed by atoms with Gasteiger partial charge < -0.3 is 14.8 Å². The summed E-state index contributed by atoms with van der Waals surface area (Å²) in [5, 5.41) is 4.45. The summed E-state index contributed by atoms with van der Waals surface area (Å²) in [5.74, 6) is -0.177. The van der Waals surface area contributed by atoms with E-state index in [1.54, 1.807) is 16.8 Å². The Hall–Kier alpha value is -3.45. The van der Waals surface area contributed by atoms with Crippen molar-refractivity contribution < 1.29 is 9.59 Å². The number of hydrogen-bond donors (Lipinski definition) is 1. The van der Waals surface area contributed by atoms with E-state index in [0.29, 0.717) is 23.9 Å². The Morgan fingerprint density at radius 1 is 1.10 bits per heavy atom. The number of thiocarbonyl (C=S) groups is 1. The number of benzene rings is 2. The molecule has 2 amide bonds. The van der Waals surface area contributed by atoms with Crippen molar-refractivity contribution in [1.82, 2.24) is 19.7 Å². The van der Waals surface area contributed by atoms with Gasteiger partial charge in [0.2, 0.25) is 5.91 Å². The molecule has 1 aliphatic heterocycles. The summed E-state index contributed by atoms with van der Waals surface area (Å²) in [6.45, 7) is 3.11. The molecule has 31 heavy (non-hydrogen) atoms. The largest absolute Gasteiger partial charge is 0.350 e. The average Bonchev–Trinajstić information content (AvgIpc) is 3.23. The minimum Gasteiger partial charge on any atom is -0.350 e. The molecule has 1 fully saturated rings. The first-order valence-electron chi connectivity index (χ1n) is 10.2. The van der Waals surface area contributed by atoms with Gasteiger partial charge in [-0.05, 0) is 36.8 Å². The van der Waals surface area contributed by atoms with Crippen LogP contribution in [-0.2, 0) is 22.7 Å². The summed E-state index contributed by atoms with van der Waals surface area (Å²) in [7, 11) is 1.80. The van der Waals surface area contributed by atoms with E-state index < -0.39 is 0 Å². The Labute approximate surface area is 186 Å². The number of hydrogen-bond acceptors (Lipinski definition) is 3. The molecule has 4 rings (SSSR count). The van der Waals surface area contributed by atoms with Crippen molar-refractivity contribution in [3.8, 4) is 0 Å². The highest BCUT2D eigenvalue weighted by atomic mass is 32.1. The third-order valence-corrected chi connectivity index (χ3v) is 5.91. The summed E-state index contributed by atoms with van der Waals surface area (Å²) in [6, 6.07) is 17.7. The number of rotatable bonds is 6. The maximum atomic E-state index is 12.8. The first-order chi connectivity index (χ1) is 15.0. The Bertz CT molecular complexity index is 1180. The molecule has 158 valence electrons. The maximum Gasteiger partial charge on any atom is 0.276 e. The van der Waals surface area contributed by atoms with Crippen molar-refractivity contribution in [2.75, 3.05) is 13.6 Å². The zero-order valence-corrected chi connectivity index (χ0v) is 18.4. The Morgan fingerprint density at radius 3 is 2.52 bits per heavy atom. The van der Waals surface area contributed by atoms with Gasteiger partial charge >= 0.3 is 0 Å². The monoisotopic (exact) mass is 432 g/mol. The maximum absolute atomic E-state index is 12.8. The van der Waals surface area contributed by atoms with Crippen LogP contribution in [-0.4, -0.2) is 44.9 Å². The van der Waals surface area contributed by atoms with Crippen LogP contribution < -0.4 is 5.32 Å². The van der Waals surface area contributed by atoms with E-state index in [0.717, 1.165) is 22.0 Å². The molecular weight excluding hydrogens is 408 g/mol. The summed E-state index contributed by atoms with van der Waals surface area (Å²) >= 11 is 5.39. The number of aromatic nitrogens is 1. The van der Waals surface area contributed by atoms with Crippen LogP contribution in [0.4, 0.5) is 0 Å². The number of carbonyl (C=O) groups is 2. The van der Waals surface area contributed by atoms with Crippen LogP contribution in [0, 0.1) is 0 Å². The normalized spacial score (nSPS) is 15.4. The number of carbonyl (C=O) groups excluding carboxylic acids is 2. The smallest absolute Gasteiger partial charge is 0.276 e. The second-order valence-corrected chi connectivity index (χ2v) is 7.78. The molecule has 2 heterocycles. The quantitative estimate of drug-likeness (QED) is 0.479. The molecule has 1 N–H and O–H groups in total. The van der Waals surface area contributed by atoms with Gasteiger partial charge in [-0.2, -0.15) is 0 Å². The fourth-order valence-electron chi connectivity index (χ4n) is 3.77. The topological polar surface area (TPSA) is 57.6 Å². The van der Waals surface area contributed by atoms with Gasteiger partial charge in [-0.3, -0.25) is 14.5 Å². The summed E-state index contributed by atoms with van der Waals surface area (Å²) < 4.78 is 1.91. The van der Waals surface area contributed by atoms with Gasteiger partial charge in [-0.25, -0.2) is 0 Å². The van der Waals surface area contributed by atoms with E-state index in [4.69, 9.17) is 12.2 Å². The lowest BCUT2D eigenvalue weighted by Gasteiger charge is -2.13. The minimum atomic E-state index is -0.104. The van der Waals surface area contributed by atoms with Crippen LogP contribution in [0.3, 0.4) is 0 Å². The minimum absolute atomic E-state index is 0.0730. The third kappa shape index (κ3) is 4.09. The number of amides is 2. The highest BCUT2D eigenvalue weighted by Gasteiger charge is 2.34. The molecule has 3 aromatic rings. The molecule has 0 spiro atoms. The van der Waals surface area contributed by atoms with Crippen molar-refractivity contribution in [3.05, 3.63) is 77.6 Å². The SMILES string of the molecule is CCN1C(=O)/C(=C/c2cn(CC(=O)NCc3ccccc3)c3ccccc23)N(C)C1=S. The lowest BCUT2D eigenvalue weighted by molar-refractivity contribution is -0.123. The molecule has 7 heteroatoms. The first-order valence-corrected chi connectivity index (χ1v) is 10.6. The predicted octanol–water partition coefficient (Wildman–Crippen LogP) is 3.38. The summed E-state index contributed by atoms with van der Waals surface area (Å²) in [4.78, 5) is 28.7. The molecule has 0 radical (unpaired) electrons. The molecule has 0 bridgehead atoms. The molecule has 6 nitrogen and oxygen atoms in total. The van der Waals surface area contributed by atoms with E-state index in [1.807, 2.05) is 78.4 Å². The fourth-order valence-corrected chi connectivity index (χ4v) is 4.08. The average molecular weight is 433 g/mol. The number of nitrogens with one attached hydrogen (secondary N) is 1. The second kappa shape index (κ2) is 8.73. The van der Waals surface area contributed by atoms with Crippen molar-refractivity contribution in [2.45, 2.75) is 20.0 Å². The van der Waals surface area contributed by atoms with Crippen molar-refractivity contribution in [1.29, 1.82) is 0 Å². The number of fused-ring (bicyclic) bond motifs is 1. The lowest BCUT2D eigenvalue weighted by Crippen LogP contribution is -2.30. The molecule has 1 aliphatic rings. The van der Waals surface area contributed by atoms with Crippen LogP contribution >= 0.6 is 12.2 Å². The number of nitrogens with zero attached hydrogens (tertiary/aromatic N) is 3. The molecule has 0 aliphatic carbocycles. The molecule has 2 aromatic carbocycles. The Kier molecular flexibility index (Phi) is 5.86. The Balaban J connectivity index is 1.60. The summed E-state index contributed by atoms with van der Waals surface area (Å²) in [6.07, 6.45) is 3.77. The van der Waals surface area contributed by atoms with Gasteiger partial charge in [-0.15, -0.1) is 0 Å². The van der Waals surface area contributed by atoms with Crippen molar-refractivity contribution >= 4 is 46.1 Å². The van der Waals surface area contributed by atoms with E-state index >= 15 is 0 Å². The summed E-state index contributed by atoms with van der Waals surface area (Å²) in [5.41, 5.74) is 3.40. The number of likely N-dealkylation sites (N-methyl/N-ethyl adjacent to an activating group) is 2. The van der Waals surface area contributed by atoms with E-state index in [1.165, 1.54) is 0 Å². The van der Waals surface area contributed by atoms with Gasteiger partial charge in [0.05, 0.1) is 0 Å². The van der Waals surface area contributed by atoms with Crippen molar-refractivity contribution in [3.63, 3.8) is 0 Å². The van der Waals surface area contributed by atoms with Crippen LogP contribution in [0.2, 0.25) is 0 Å². The van der Waals surface area contributed by atoms with Crippen LogP contribution in [0.5, 0.6) is 0 Å². The van der Waals surface area contributed by atoms with Gasteiger partial charge in [0.1, 0.15) is 12.2 Å². The van der Waals surface area contributed by atoms with Crippen LogP contribution in [0.15, 0.2) is 66.5 Å². The predicted molar refractivity (Wildman–Crippen MR) is 126 cm³/mol. The molecule has 1 saturated heterocycles. The third-order valence-electron chi connectivity index (χ3n) is 5.42. The van der Waals surface area contributed by atoms with Gasteiger partial charge in [-0.1, -0.05) is 48.5 Å². The molecule has 0 atom stereocenters. The van der Waals surface area contributed by atoms with Crippen LogP contribution in [0.1, 0.15) is 18.1 Å². The highest BCUT2D eigenvalue weighted by molar-refractivity contribution is 7.80.